The van der Waals surface area contributed by atoms with E-state index < -0.39 is 10.0 Å². The van der Waals surface area contributed by atoms with Crippen LogP contribution in [0.15, 0.2) is 34.3 Å². The van der Waals surface area contributed by atoms with E-state index in [1.165, 1.54) is 12.1 Å². The summed E-state index contributed by atoms with van der Waals surface area (Å²) in [6.45, 7) is 3.54. The molecule has 92 valence electrons. The van der Waals surface area contributed by atoms with Crippen molar-refractivity contribution in [3.8, 4) is 23.7 Å². The Bertz CT molecular complexity index is 651. The highest BCUT2D eigenvalue weighted by Gasteiger charge is 2.11. The minimum atomic E-state index is -3.62. The third-order valence-corrected chi connectivity index (χ3v) is 3.13. The van der Waals surface area contributed by atoms with Gasteiger partial charge in [-0.3, -0.25) is 0 Å². The van der Waals surface area contributed by atoms with Crippen molar-refractivity contribution in [2.75, 3.05) is 0 Å². The maximum Gasteiger partial charge on any atom is 0.276 e. The van der Waals surface area contributed by atoms with Gasteiger partial charge in [0, 0.05) is 0 Å². The predicted octanol–water partition coefficient (Wildman–Crippen LogP) is 1.29. The molecule has 5 heteroatoms. The fourth-order valence-corrected chi connectivity index (χ4v) is 1.82. The van der Waals surface area contributed by atoms with Crippen molar-refractivity contribution in [1.82, 2.24) is 4.83 Å². The maximum atomic E-state index is 11.7. The lowest BCUT2D eigenvalue weighted by atomic mass is 10.2. The molecule has 0 heterocycles. The third kappa shape index (κ3) is 4.32. The molecule has 0 amide bonds. The van der Waals surface area contributed by atoms with Crippen molar-refractivity contribution in [2.24, 2.45) is 5.10 Å². The van der Waals surface area contributed by atoms with E-state index in [1.807, 2.05) is 6.92 Å². The zero-order chi connectivity index (χ0) is 13.4. The zero-order valence-electron chi connectivity index (χ0n) is 10.1. The Hall–Kier alpha value is -2.24. The molecule has 1 rings (SSSR count). The van der Waals surface area contributed by atoms with Crippen LogP contribution in [0.2, 0.25) is 0 Å². The lowest BCUT2D eigenvalue weighted by molar-refractivity contribution is 0.584. The standard InChI is InChI=1S/C13H12N2O2S/c1-3-4-5-6-11-14-15-18(16,17)13-9-7-12(2)8-10-13/h7-11,15H,1-2H3/b14-11+. The fourth-order valence-electron chi connectivity index (χ4n) is 1.03. The molecule has 0 saturated carbocycles. The van der Waals surface area contributed by atoms with Crippen molar-refractivity contribution in [1.29, 1.82) is 0 Å². The summed E-state index contributed by atoms with van der Waals surface area (Å²) in [5.74, 6) is 10.0. The van der Waals surface area contributed by atoms with E-state index in [4.69, 9.17) is 0 Å². The minimum Gasteiger partial charge on any atom is -0.200 e. The monoisotopic (exact) mass is 260 g/mol. The van der Waals surface area contributed by atoms with Gasteiger partial charge in [-0.15, -0.1) is 0 Å². The number of hydrogen-bond donors (Lipinski definition) is 1. The predicted molar refractivity (Wildman–Crippen MR) is 71.2 cm³/mol. The average Bonchev–Trinajstić information content (AvgIpc) is 2.34. The highest BCUT2D eigenvalue weighted by atomic mass is 32.2. The molecule has 0 radical (unpaired) electrons. The smallest absolute Gasteiger partial charge is 0.200 e. The van der Waals surface area contributed by atoms with Gasteiger partial charge in [0.2, 0.25) is 0 Å². The molecule has 0 aliphatic rings. The van der Waals surface area contributed by atoms with Gasteiger partial charge < -0.3 is 0 Å². The molecule has 1 N–H and O–H groups in total. The van der Waals surface area contributed by atoms with E-state index in [9.17, 15) is 8.42 Å². The first-order chi connectivity index (χ1) is 8.56. The van der Waals surface area contributed by atoms with Crippen molar-refractivity contribution >= 4 is 16.2 Å². The second-order valence-electron chi connectivity index (χ2n) is 3.31. The van der Waals surface area contributed by atoms with E-state index in [-0.39, 0.29) is 4.90 Å². The molecule has 0 bridgehead atoms. The summed E-state index contributed by atoms with van der Waals surface area (Å²) in [5.41, 5.74) is 0.987. The van der Waals surface area contributed by atoms with Gasteiger partial charge in [0.25, 0.3) is 10.0 Å². The molecule has 0 saturated heterocycles. The Kier molecular flexibility index (Phi) is 4.98. The van der Waals surface area contributed by atoms with Crippen molar-refractivity contribution in [2.45, 2.75) is 18.7 Å². The minimum absolute atomic E-state index is 0.159. The second kappa shape index (κ2) is 6.48. The summed E-state index contributed by atoms with van der Waals surface area (Å²) in [5, 5.41) is 3.51. The number of benzene rings is 1. The van der Waals surface area contributed by atoms with E-state index >= 15 is 0 Å². The van der Waals surface area contributed by atoms with Crippen LogP contribution in [-0.2, 0) is 10.0 Å². The first-order valence-corrected chi connectivity index (χ1v) is 6.57. The Morgan fingerprint density at radius 3 is 2.50 bits per heavy atom. The number of nitrogens with one attached hydrogen (secondary N) is 1. The van der Waals surface area contributed by atoms with Crippen LogP contribution >= 0.6 is 0 Å². The van der Waals surface area contributed by atoms with Gasteiger partial charge in [-0.05, 0) is 43.7 Å². The Morgan fingerprint density at radius 1 is 1.22 bits per heavy atom. The molecule has 4 nitrogen and oxygen atoms in total. The van der Waals surface area contributed by atoms with Crippen molar-refractivity contribution < 1.29 is 8.42 Å². The molecule has 0 unspecified atom stereocenters. The summed E-state index contributed by atoms with van der Waals surface area (Å²) < 4.78 is 23.5. The van der Waals surface area contributed by atoms with Crippen molar-refractivity contribution in [3.05, 3.63) is 29.8 Å². The van der Waals surface area contributed by atoms with Crippen LogP contribution in [0.5, 0.6) is 0 Å². The van der Waals surface area contributed by atoms with Gasteiger partial charge in [0.15, 0.2) is 0 Å². The molecule has 0 atom stereocenters. The highest BCUT2D eigenvalue weighted by molar-refractivity contribution is 7.89. The molecular weight excluding hydrogens is 248 g/mol. The van der Waals surface area contributed by atoms with Gasteiger partial charge in [-0.25, -0.2) is 0 Å². The van der Waals surface area contributed by atoms with Gasteiger partial charge in [0.05, 0.1) is 11.1 Å². The molecule has 0 fully saturated rings. The molecule has 0 aliphatic heterocycles. The van der Waals surface area contributed by atoms with Crippen LogP contribution in [0.3, 0.4) is 0 Å². The number of rotatable bonds is 3. The number of hydrazone groups is 1. The average molecular weight is 260 g/mol. The van der Waals surface area contributed by atoms with Crippen LogP contribution in [0.25, 0.3) is 0 Å². The first-order valence-electron chi connectivity index (χ1n) is 5.08. The van der Waals surface area contributed by atoms with E-state index in [1.54, 1.807) is 19.1 Å². The first kappa shape index (κ1) is 13.8. The topological polar surface area (TPSA) is 58.5 Å². The van der Waals surface area contributed by atoms with Crippen molar-refractivity contribution in [3.63, 3.8) is 0 Å². The van der Waals surface area contributed by atoms with Crippen LogP contribution in [0.4, 0.5) is 0 Å². The summed E-state index contributed by atoms with van der Waals surface area (Å²) in [6, 6.07) is 6.46. The quantitative estimate of drug-likeness (QED) is 0.506. The lowest BCUT2D eigenvalue weighted by Gasteiger charge is -2.02. The third-order valence-electron chi connectivity index (χ3n) is 1.89. The van der Waals surface area contributed by atoms with Crippen LogP contribution in [-0.4, -0.2) is 14.6 Å². The molecule has 1 aromatic rings. The van der Waals surface area contributed by atoms with Crippen LogP contribution < -0.4 is 4.83 Å². The van der Waals surface area contributed by atoms with Crippen LogP contribution in [0.1, 0.15) is 12.5 Å². The van der Waals surface area contributed by atoms with E-state index in [0.29, 0.717) is 0 Å². The molecule has 0 spiro atoms. The number of sulfonamides is 1. The molecular formula is C13H12N2O2S. The van der Waals surface area contributed by atoms with Gasteiger partial charge in [0.1, 0.15) is 0 Å². The Labute approximate surface area is 107 Å². The highest BCUT2D eigenvalue weighted by Crippen LogP contribution is 2.09. The van der Waals surface area contributed by atoms with E-state index in [2.05, 4.69) is 33.6 Å². The summed E-state index contributed by atoms with van der Waals surface area (Å²) in [4.78, 5) is 2.22. The number of hydrogen-bond acceptors (Lipinski definition) is 3. The van der Waals surface area contributed by atoms with Gasteiger partial charge in [-0.2, -0.15) is 18.4 Å². The van der Waals surface area contributed by atoms with Crippen LogP contribution in [0, 0.1) is 30.6 Å². The largest absolute Gasteiger partial charge is 0.276 e. The Balaban J connectivity index is 2.74. The molecule has 0 aliphatic carbocycles. The van der Waals surface area contributed by atoms with E-state index in [0.717, 1.165) is 11.8 Å². The molecule has 1 aromatic carbocycles. The number of nitrogens with zero attached hydrogens (tertiary/aromatic N) is 1. The molecule has 0 aromatic heterocycles. The van der Waals surface area contributed by atoms with Gasteiger partial charge >= 0.3 is 0 Å². The molecule has 18 heavy (non-hydrogen) atoms. The SMILES string of the molecule is CC#CC#C/C=N/NS(=O)(=O)c1ccc(C)cc1. The fraction of sp³-hybridized carbons (Fsp3) is 0.154. The maximum absolute atomic E-state index is 11.7. The lowest BCUT2D eigenvalue weighted by Crippen LogP contribution is -2.18. The number of aryl methyl sites for hydroxylation is 1. The second-order valence-corrected chi connectivity index (χ2v) is 4.97. The summed E-state index contributed by atoms with van der Waals surface area (Å²) >= 11 is 0. The zero-order valence-corrected chi connectivity index (χ0v) is 10.9. The van der Waals surface area contributed by atoms with Gasteiger partial charge in [-0.1, -0.05) is 23.6 Å². The normalized spacial score (nSPS) is 10.1. The summed E-state index contributed by atoms with van der Waals surface area (Å²) in [7, 11) is -3.62. The summed E-state index contributed by atoms with van der Waals surface area (Å²) in [6.07, 6.45) is 1.15. The Morgan fingerprint density at radius 2 is 1.89 bits per heavy atom.